The molecular weight excluding hydrogens is 683 g/mol. The molecule has 36 heavy (non-hydrogen) atoms. The standard InChI is InChI=1S/C26H26GeN.C5H8O2.Ir/c1-18-14-22(16-20-8-6-7-9-24(18)20)26-17-21(12-13-28-26)25-11-10-23(15-19(25)2)27(3,4)5;1-4(6)3-5(2)7;/h6-15,17H,1-5H3;3,6H,1-2H3;/q-1;;/b;4-3-;. The first kappa shape index (κ1) is 29.7. The van der Waals surface area contributed by atoms with Gasteiger partial charge in [0.2, 0.25) is 0 Å². The van der Waals surface area contributed by atoms with E-state index in [-0.39, 0.29) is 31.6 Å². The number of aliphatic hydroxyl groups excluding tert-OH is 1. The number of hydrogen-bond donors (Lipinski definition) is 1. The van der Waals surface area contributed by atoms with Gasteiger partial charge in [0.25, 0.3) is 0 Å². The maximum absolute atomic E-state index is 10.0. The van der Waals surface area contributed by atoms with Crippen LogP contribution in [0.25, 0.3) is 33.2 Å². The van der Waals surface area contributed by atoms with Crippen LogP contribution in [0.15, 0.2) is 78.7 Å². The minimum absolute atomic E-state index is 0. The van der Waals surface area contributed by atoms with Crippen molar-refractivity contribution in [2.75, 3.05) is 0 Å². The number of carbonyl (C=O) groups excluding carboxylic acids is 1. The Balaban J connectivity index is 0.000000503. The summed E-state index contributed by atoms with van der Waals surface area (Å²) in [4.78, 5) is 14.7. The van der Waals surface area contributed by atoms with Crippen LogP contribution in [0.1, 0.15) is 25.0 Å². The number of ketones is 1. The Hall–Kier alpha value is -2.53. The molecule has 189 valence electrons. The molecule has 0 aliphatic rings. The summed E-state index contributed by atoms with van der Waals surface area (Å²) in [6, 6.07) is 25.5. The number of benzene rings is 3. The number of allylic oxidation sites excluding steroid dienone is 2. The largest absolute Gasteiger partial charge is 0 e. The molecule has 0 aliphatic carbocycles. The van der Waals surface area contributed by atoms with Gasteiger partial charge in [0, 0.05) is 26.2 Å². The fourth-order valence-electron chi connectivity index (χ4n) is 4.04. The number of carbonyl (C=O) groups is 1. The monoisotopic (exact) mass is 719 g/mol. The molecule has 0 fully saturated rings. The van der Waals surface area contributed by atoms with Crippen LogP contribution in [-0.2, 0) is 24.9 Å². The topological polar surface area (TPSA) is 50.2 Å². The van der Waals surface area contributed by atoms with Gasteiger partial charge in [-0.05, 0) is 13.8 Å². The fraction of sp³-hybridized carbons (Fsp3) is 0.226. The summed E-state index contributed by atoms with van der Waals surface area (Å²) < 4.78 is 1.55. The first-order valence-electron chi connectivity index (χ1n) is 11.8. The smallest absolute Gasteiger partial charge is 0 e. The van der Waals surface area contributed by atoms with Gasteiger partial charge in [0.15, 0.2) is 5.78 Å². The summed E-state index contributed by atoms with van der Waals surface area (Å²) >= 11 is -1.81. The number of nitrogens with zero attached hydrogens (tertiary/aromatic N) is 1. The van der Waals surface area contributed by atoms with Crippen molar-refractivity contribution in [3.05, 3.63) is 95.9 Å². The van der Waals surface area contributed by atoms with Crippen LogP contribution in [0, 0.1) is 19.9 Å². The zero-order valence-corrected chi connectivity index (χ0v) is 26.6. The summed E-state index contributed by atoms with van der Waals surface area (Å²) in [6.07, 6.45) is 3.08. The van der Waals surface area contributed by atoms with Crippen LogP contribution in [0.3, 0.4) is 0 Å². The second-order valence-electron chi connectivity index (χ2n) is 10.0. The van der Waals surface area contributed by atoms with Gasteiger partial charge in [-0.2, -0.15) is 0 Å². The Morgan fingerprint density at radius 1 is 0.944 bits per heavy atom. The molecule has 0 bridgehead atoms. The SMILES string of the molecule is CC(=O)/C=C(/C)O.Cc1c[c]([Ge]([CH3])([CH3])[CH3])ccc1-c1ccnc(-c2[c-]c3ccccc3c(C)c2)c1.[Ir]. The molecule has 0 saturated heterocycles. The molecule has 4 rings (SSSR count). The van der Waals surface area contributed by atoms with Crippen LogP contribution >= 0.6 is 0 Å². The van der Waals surface area contributed by atoms with E-state index in [9.17, 15) is 4.79 Å². The van der Waals surface area contributed by atoms with Crippen LogP contribution in [0.4, 0.5) is 0 Å². The second-order valence-corrected chi connectivity index (χ2v) is 20.7. The van der Waals surface area contributed by atoms with Crippen LogP contribution in [-0.4, -0.2) is 29.1 Å². The fourth-order valence-corrected chi connectivity index (χ4v) is 6.63. The van der Waals surface area contributed by atoms with Crippen molar-refractivity contribution < 1.29 is 30.0 Å². The molecule has 0 unspecified atom stereocenters. The van der Waals surface area contributed by atoms with E-state index in [0.29, 0.717) is 0 Å². The van der Waals surface area contributed by atoms with E-state index in [1.807, 2.05) is 6.20 Å². The van der Waals surface area contributed by atoms with Gasteiger partial charge in [0.05, 0.1) is 5.76 Å². The molecular formula is C31H34GeIrNO2-. The molecule has 1 heterocycles. The van der Waals surface area contributed by atoms with E-state index in [0.717, 1.165) is 16.6 Å². The summed E-state index contributed by atoms with van der Waals surface area (Å²) in [5.41, 5.74) is 7.13. The molecule has 0 spiro atoms. The van der Waals surface area contributed by atoms with E-state index in [1.54, 1.807) is 4.40 Å². The van der Waals surface area contributed by atoms with E-state index >= 15 is 0 Å². The normalized spacial score (nSPS) is 11.4. The molecule has 1 radical (unpaired) electrons. The molecule has 0 atom stereocenters. The minimum Gasteiger partial charge on any atom is 0 e. The third-order valence-corrected chi connectivity index (χ3v) is 10.1. The van der Waals surface area contributed by atoms with Gasteiger partial charge < -0.3 is 5.11 Å². The van der Waals surface area contributed by atoms with Gasteiger partial charge in [-0.3, -0.25) is 4.79 Å². The Kier molecular flexibility index (Phi) is 10.4. The maximum Gasteiger partial charge on any atom is 0 e. The number of aliphatic hydroxyl groups is 1. The molecule has 5 heteroatoms. The van der Waals surface area contributed by atoms with Crippen molar-refractivity contribution in [1.82, 2.24) is 4.98 Å². The van der Waals surface area contributed by atoms with Crippen LogP contribution in [0.5, 0.6) is 0 Å². The Morgan fingerprint density at radius 3 is 2.22 bits per heavy atom. The van der Waals surface area contributed by atoms with Crippen molar-refractivity contribution in [2.24, 2.45) is 0 Å². The van der Waals surface area contributed by atoms with Crippen molar-refractivity contribution >= 4 is 34.2 Å². The third kappa shape index (κ3) is 7.73. The number of fused-ring (bicyclic) bond motifs is 1. The Morgan fingerprint density at radius 2 is 1.64 bits per heavy atom. The number of rotatable bonds is 4. The predicted octanol–water partition coefficient (Wildman–Crippen LogP) is 7.57. The van der Waals surface area contributed by atoms with Gasteiger partial charge in [-0.1, -0.05) is 6.07 Å². The first-order valence-corrected chi connectivity index (χ1v) is 19.2. The zero-order chi connectivity index (χ0) is 25.8. The molecule has 0 amide bonds. The predicted molar refractivity (Wildman–Crippen MR) is 151 cm³/mol. The zero-order valence-electron chi connectivity index (χ0n) is 22.1. The van der Waals surface area contributed by atoms with Crippen molar-refractivity contribution in [2.45, 2.75) is 45.0 Å². The van der Waals surface area contributed by atoms with Crippen LogP contribution in [0.2, 0.25) is 17.3 Å². The van der Waals surface area contributed by atoms with Crippen molar-refractivity contribution in [3.8, 4) is 22.4 Å². The first-order chi connectivity index (χ1) is 16.5. The Labute approximate surface area is 231 Å². The molecule has 3 nitrogen and oxygen atoms in total. The second kappa shape index (κ2) is 12.6. The molecule has 3 aromatic carbocycles. The van der Waals surface area contributed by atoms with Crippen LogP contribution < -0.4 is 4.40 Å². The number of aryl methyl sites for hydroxylation is 2. The average molecular weight is 717 g/mol. The van der Waals surface area contributed by atoms with E-state index in [2.05, 4.69) is 103 Å². The molecule has 1 aromatic heterocycles. The summed E-state index contributed by atoms with van der Waals surface area (Å²) in [6.45, 7) is 7.23. The van der Waals surface area contributed by atoms with E-state index in [4.69, 9.17) is 5.11 Å². The maximum atomic E-state index is 10.0. The quantitative estimate of drug-likeness (QED) is 0.103. The van der Waals surface area contributed by atoms with Gasteiger partial charge >= 0.3 is 165 Å². The van der Waals surface area contributed by atoms with Crippen molar-refractivity contribution in [3.63, 3.8) is 0 Å². The summed E-state index contributed by atoms with van der Waals surface area (Å²) in [5, 5.41) is 10.8. The summed E-state index contributed by atoms with van der Waals surface area (Å²) in [7, 11) is 0. The van der Waals surface area contributed by atoms with E-state index < -0.39 is 13.3 Å². The molecule has 0 saturated carbocycles. The van der Waals surface area contributed by atoms with E-state index in [1.165, 1.54) is 47.6 Å². The number of hydrogen-bond acceptors (Lipinski definition) is 3. The number of pyridine rings is 1. The molecule has 0 aliphatic heterocycles. The number of aromatic nitrogens is 1. The van der Waals surface area contributed by atoms with Gasteiger partial charge in [-0.15, -0.1) is 0 Å². The van der Waals surface area contributed by atoms with Crippen molar-refractivity contribution in [1.29, 1.82) is 0 Å². The average Bonchev–Trinajstić information content (AvgIpc) is 2.78. The Bertz CT molecular complexity index is 1400. The molecule has 1 N–H and O–H groups in total. The third-order valence-electron chi connectivity index (χ3n) is 5.83. The van der Waals surface area contributed by atoms with Gasteiger partial charge in [-0.25, -0.2) is 0 Å². The minimum atomic E-state index is -1.81. The van der Waals surface area contributed by atoms with Gasteiger partial charge in [0.1, 0.15) is 0 Å². The molecule has 4 aromatic rings. The summed E-state index contributed by atoms with van der Waals surface area (Å²) in [5.74, 6) is 7.26.